The first-order valence-corrected chi connectivity index (χ1v) is 8.24. The van der Waals surface area contributed by atoms with Crippen molar-refractivity contribution >= 4 is 0 Å². The van der Waals surface area contributed by atoms with E-state index in [1.54, 1.807) is 23.0 Å². The second kappa shape index (κ2) is 8.70. The number of aliphatic hydroxyl groups excluding tert-OH is 1. The van der Waals surface area contributed by atoms with Crippen LogP contribution in [-0.4, -0.2) is 34.2 Å². The van der Waals surface area contributed by atoms with Gasteiger partial charge >= 0.3 is 0 Å². The van der Waals surface area contributed by atoms with Gasteiger partial charge in [0.05, 0.1) is 18.2 Å². The first-order valence-electron chi connectivity index (χ1n) is 8.24. The van der Waals surface area contributed by atoms with Crippen LogP contribution >= 0.6 is 0 Å². The van der Waals surface area contributed by atoms with Gasteiger partial charge in [-0.3, -0.25) is 0 Å². The molecule has 0 spiro atoms. The van der Waals surface area contributed by atoms with Gasteiger partial charge in [-0.05, 0) is 35.9 Å². The average Bonchev–Trinajstić information content (AvgIpc) is 3.21. The topological polar surface area (TPSA) is 80.3 Å². The minimum atomic E-state index is -0.762. The molecule has 1 aromatic heterocycles. The van der Waals surface area contributed by atoms with E-state index in [2.05, 4.69) is 11.2 Å². The lowest BCUT2D eigenvalue weighted by Gasteiger charge is -2.14. The number of aromatic nitrogens is 2. The summed E-state index contributed by atoms with van der Waals surface area (Å²) in [5.41, 5.74) is 1.82. The summed E-state index contributed by atoms with van der Waals surface area (Å²) in [6, 6.07) is 18.7. The monoisotopic (exact) mass is 349 g/mol. The molecule has 0 aliphatic heterocycles. The van der Waals surface area contributed by atoms with Crippen molar-refractivity contribution in [1.29, 1.82) is 5.26 Å². The fourth-order valence-electron chi connectivity index (χ4n) is 2.37. The van der Waals surface area contributed by atoms with Gasteiger partial charge in [0.25, 0.3) is 0 Å². The molecule has 0 bridgehead atoms. The molecular formula is C20H19N3O3. The Morgan fingerprint density at radius 2 is 1.81 bits per heavy atom. The van der Waals surface area contributed by atoms with Gasteiger partial charge in [0.15, 0.2) is 0 Å². The molecule has 6 nitrogen and oxygen atoms in total. The van der Waals surface area contributed by atoms with E-state index in [0.29, 0.717) is 17.9 Å². The highest BCUT2D eigenvalue weighted by atomic mass is 16.5. The maximum Gasteiger partial charge on any atom is 0.122 e. The van der Waals surface area contributed by atoms with E-state index in [0.717, 1.165) is 11.3 Å². The molecule has 0 amide bonds. The number of hydrogen-bond acceptors (Lipinski definition) is 5. The minimum Gasteiger partial charge on any atom is -0.491 e. The van der Waals surface area contributed by atoms with Crippen LogP contribution in [0.3, 0.4) is 0 Å². The SMILES string of the molecule is N#CCc1ccc(OCC(O)COc2cccc(-n3cccn3)c2)cc1. The van der Waals surface area contributed by atoms with Crippen molar-refractivity contribution in [2.24, 2.45) is 0 Å². The van der Waals surface area contributed by atoms with Crippen molar-refractivity contribution in [3.05, 3.63) is 72.6 Å². The zero-order chi connectivity index (χ0) is 18.2. The van der Waals surface area contributed by atoms with Crippen LogP contribution in [0.2, 0.25) is 0 Å². The van der Waals surface area contributed by atoms with E-state index >= 15 is 0 Å². The number of ether oxygens (including phenoxy) is 2. The molecule has 0 saturated carbocycles. The lowest BCUT2D eigenvalue weighted by atomic mass is 10.2. The third-order valence-electron chi connectivity index (χ3n) is 3.68. The lowest BCUT2D eigenvalue weighted by Crippen LogP contribution is -2.25. The predicted molar refractivity (Wildman–Crippen MR) is 96.3 cm³/mol. The summed E-state index contributed by atoms with van der Waals surface area (Å²) in [6.45, 7) is 0.242. The molecule has 2 aromatic carbocycles. The van der Waals surface area contributed by atoms with Crippen molar-refractivity contribution in [2.45, 2.75) is 12.5 Å². The van der Waals surface area contributed by atoms with E-state index in [-0.39, 0.29) is 13.2 Å². The van der Waals surface area contributed by atoms with E-state index in [4.69, 9.17) is 14.7 Å². The predicted octanol–water partition coefficient (Wildman–Crippen LogP) is 2.76. The number of rotatable bonds is 8. The standard InChI is InChI=1S/C20H19N3O3/c21-10-9-16-5-7-19(8-6-16)25-14-18(24)15-26-20-4-1-3-17(13-20)23-12-2-11-22-23/h1-8,11-13,18,24H,9,14-15H2. The van der Waals surface area contributed by atoms with Crippen molar-refractivity contribution in [1.82, 2.24) is 9.78 Å². The molecular weight excluding hydrogens is 330 g/mol. The fourth-order valence-corrected chi connectivity index (χ4v) is 2.37. The maximum absolute atomic E-state index is 10.1. The molecule has 0 fully saturated rings. The molecule has 0 aliphatic rings. The molecule has 0 radical (unpaired) electrons. The van der Waals surface area contributed by atoms with Gasteiger partial charge in [0, 0.05) is 18.5 Å². The Hall–Kier alpha value is -3.30. The van der Waals surface area contributed by atoms with Gasteiger partial charge in [0.2, 0.25) is 0 Å². The third-order valence-corrected chi connectivity index (χ3v) is 3.68. The summed E-state index contributed by atoms with van der Waals surface area (Å²) in [4.78, 5) is 0. The fraction of sp³-hybridized carbons (Fsp3) is 0.200. The molecule has 6 heteroatoms. The smallest absolute Gasteiger partial charge is 0.122 e. The molecule has 26 heavy (non-hydrogen) atoms. The average molecular weight is 349 g/mol. The summed E-state index contributed by atoms with van der Waals surface area (Å²) >= 11 is 0. The Labute approximate surface area is 151 Å². The Balaban J connectivity index is 1.47. The maximum atomic E-state index is 10.1. The van der Waals surface area contributed by atoms with E-state index in [1.165, 1.54) is 0 Å². The summed E-state index contributed by atoms with van der Waals surface area (Å²) < 4.78 is 12.9. The molecule has 1 heterocycles. The summed E-state index contributed by atoms with van der Waals surface area (Å²) in [7, 11) is 0. The second-order valence-corrected chi connectivity index (χ2v) is 5.70. The number of nitrogens with zero attached hydrogens (tertiary/aromatic N) is 3. The molecule has 3 aromatic rings. The highest BCUT2D eigenvalue weighted by Gasteiger charge is 2.08. The van der Waals surface area contributed by atoms with Gasteiger partial charge in [-0.25, -0.2) is 4.68 Å². The van der Waals surface area contributed by atoms with Crippen LogP contribution in [0.5, 0.6) is 11.5 Å². The largest absolute Gasteiger partial charge is 0.491 e. The number of hydrogen-bond donors (Lipinski definition) is 1. The van der Waals surface area contributed by atoms with Crippen molar-refractivity contribution < 1.29 is 14.6 Å². The first-order chi connectivity index (χ1) is 12.7. The number of nitriles is 1. The molecule has 1 unspecified atom stereocenters. The molecule has 0 saturated heterocycles. The second-order valence-electron chi connectivity index (χ2n) is 5.70. The highest BCUT2D eigenvalue weighted by Crippen LogP contribution is 2.17. The third kappa shape index (κ3) is 4.85. The molecule has 0 aliphatic carbocycles. The van der Waals surface area contributed by atoms with Crippen LogP contribution in [0.1, 0.15) is 5.56 Å². The molecule has 132 valence electrons. The van der Waals surface area contributed by atoms with Gasteiger partial charge in [0.1, 0.15) is 30.8 Å². The van der Waals surface area contributed by atoms with E-state index in [9.17, 15) is 5.11 Å². The van der Waals surface area contributed by atoms with Gasteiger partial charge in [-0.15, -0.1) is 0 Å². The van der Waals surface area contributed by atoms with Gasteiger partial charge < -0.3 is 14.6 Å². The Morgan fingerprint density at radius 3 is 2.50 bits per heavy atom. The normalized spacial score (nSPS) is 11.5. The molecule has 3 rings (SSSR count). The van der Waals surface area contributed by atoms with Crippen LogP contribution in [-0.2, 0) is 6.42 Å². The van der Waals surface area contributed by atoms with Crippen LogP contribution in [0.25, 0.3) is 5.69 Å². The summed E-state index contributed by atoms with van der Waals surface area (Å²) in [5, 5.41) is 22.9. The Bertz CT molecular complexity index is 855. The van der Waals surface area contributed by atoms with Crippen molar-refractivity contribution in [3.63, 3.8) is 0 Å². The Morgan fingerprint density at radius 1 is 1.04 bits per heavy atom. The van der Waals surface area contributed by atoms with E-state index < -0.39 is 6.10 Å². The van der Waals surface area contributed by atoms with Gasteiger partial charge in [-0.1, -0.05) is 18.2 Å². The van der Waals surface area contributed by atoms with Crippen LogP contribution in [0.15, 0.2) is 67.0 Å². The number of benzene rings is 2. The summed E-state index contributed by atoms with van der Waals surface area (Å²) in [6.07, 6.45) is 3.17. The van der Waals surface area contributed by atoms with Crippen LogP contribution in [0, 0.1) is 11.3 Å². The van der Waals surface area contributed by atoms with Crippen molar-refractivity contribution in [2.75, 3.05) is 13.2 Å². The van der Waals surface area contributed by atoms with Gasteiger partial charge in [-0.2, -0.15) is 10.4 Å². The number of aliphatic hydroxyl groups is 1. The van der Waals surface area contributed by atoms with Crippen LogP contribution < -0.4 is 9.47 Å². The van der Waals surface area contributed by atoms with Crippen molar-refractivity contribution in [3.8, 4) is 23.3 Å². The van der Waals surface area contributed by atoms with E-state index in [1.807, 2.05) is 48.7 Å². The molecule has 1 N–H and O–H groups in total. The zero-order valence-electron chi connectivity index (χ0n) is 14.2. The van der Waals surface area contributed by atoms with Crippen LogP contribution in [0.4, 0.5) is 0 Å². The quantitative estimate of drug-likeness (QED) is 0.676. The first kappa shape index (κ1) is 17.5. The lowest BCUT2D eigenvalue weighted by molar-refractivity contribution is 0.0626. The molecule has 1 atom stereocenters. The highest BCUT2D eigenvalue weighted by molar-refractivity contribution is 5.38. The zero-order valence-corrected chi connectivity index (χ0v) is 14.2. The summed E-state index contributed by atoms with van der Waals surface area (Å²) in [5.74, 6) is 1.30. The minimum absolute atomic E-state index is 0.120. The Kier molecular flexibility index (Phi) is 5.86.